The lowest BCUT2D eigenvalue weighted by atomic mass is 9.91. The van der Waals surface area contributed by atoms with Crippen molar-refractivity contribution in [2.45, 2.75) is 52.3 Å². The third-order valence-corrected chi connectivity index (χ3v) is 3.61. The predicted molar refractivity (Wildman–Crippen MR) is 76.7 cm³/mol. The first-order valence-corrected chi connectivity index (χ1v) is 7.28. The summed E-state index contributed by atoms with van der Waals surface area (Å²) in [6.07, 6.45) is -1.46. The Morgan fingerprint density at radius 1 is 1.20 bits per heavy atom. The molecule has 1 rings (SSSR count). The standard InChI is InChI=1S/C16H24F3N/c1-4-7-12(3)15(20-5-2)11-13-8-6-9-14(10-13)16(17,18)19/h6,8-10,12,15,20H,4-5,7,11H2,1-3H3. The van der Waals surface area contributed by atoms with Crippen LogP contribution < -0.4 is 5.32 Å². The van der Waals surface area contributed by atoms with Gasteiger partial charge in [-0.05, 0) is 36.9 Å². The van der Waals surface area contributed by atoms with Crippen LogP contribution in [0.3, 0.4) is 0 Å². The summed E-state index contributed by atoms with van der Waals surface area (Å²) >= 11 is 0. The zero-order valence-electron chi connectivity index (χ0n) is 12.4. The van der Waals surface area contributed by atoms with Crippen LogP contribution in [0.2, 0.25) is 0 Å². The Labute approximate surface area is 119 Å². The molecule has 0 bridgehead atoms. The number of nitrogens with one attached hydrogen (secondary N) is 1. The summed E-state index contributed by atoms with van der Waals surface area (Å²) < 4.78 is 38.2. The van der Waals surface area contributed by atoms with E-state index in [-0.39, 0.29) is 6.04 Å². The molecule has 4 heteroatoms. The van der Waals surface area contributed by atoms with Crippen LogP contribution >= 0.6 is 0 Å². The highest BCUT2D eigenvalue weighted by Crippen LogP contribution is 2.30. The first-order chi connectivity index (χ1) is 9.38. The Morgan fingerprint density at radius 3 is 2.45 bits per heavy atom. The van der Waals surface area contributed by atoms with Gasteiger partial charge in [0.25, 0.3) is 0 Å². The van der Waals surface area contributed by atoms with E-state index in [1.165, 1.54) is 12.1 Å². The third-order valence-electron chi connectivity index (χ3n) is 3.61. The summed E-state index contributed by atoms with van der Waals surface area (Å²) in [6, 6.07) is 5.89. The van der Waals surface area contributed by atoms with E-state index in [1.54, 1.807) is 6.07 Å². The van der Waals surface area contributed by atoms with Gasteiger partial charge < -0.3 is 5.32 Å². The normalized spacial score (nSPS) is 15.1. The molecule has 0 spiro atoms. The highest BCUT2D eigenvalue weighted by atomic mass is 19.4. The van der Waals surface area contributed by atoms with E-state index in [9.17, 15) is 13.2 Å². The quantitative estimate of drug-likeness (QED) is 0.769. The molecule has 0 amide bonds. The Hall–Kier alpha value is -1.03. The average molecular weight is 287 g/mol. The van der Waals surface area contributed by atoms with Crippen molar-refractivity contribution in [2.75, 3.05) is 6.54 Å². The van der Waals surface area contributed by atoms with Gasteiger partial charge in [0, 0.05) is 6.04 Å². The fourth-order valence-electron chi connectivity index (χ4n) is 2.52. The minimum Gasteiger partial charge on any atom is -0.314 e. The summed E-state index contributed by atoms with van der Waals surface area (Å²) in [5.74, 6) is 0.453. The number of halogens is 3. The van der Waals surface area contributed by atoms with E-state index in [2.05, 4.69) is 19.2 Å². The third kappa shape index (κ3) is 5.16. The number of hydrogen-bond acceptors (Lipinski definition) is 1. The molecule has 0 fully saturated rings. The molecule has 0 saturated carbocycles. The monoisotopic (exact) mass is 287 g/mol. The number of benzene rings is 1. The van der Waals surface area contributed by atoms with Crippen LogP contribution in [0.4, 0.5) is 13.2 Å². The Morgan fingerprint density at radius 2 is 1.90 bits per heavy atom. The maximum absolute atomic E-state index is 12.7. The van der Waals surface area contributed by atoms with Crippen molar-refractivity contribution in [1.29, 1.82) is 0 Å². The number of likely N-dealkylation sites (N-methyl/N-ethyl adjacent to an activating group) is 1. The second-order valence-electron chi connectivity index (χ2n) is 5.33. The molecule has 0 aromatic heterocycles. The van der Waals surface area contributed by atoms with E-state index in [4.69, 9.17) is 0 Å². The minimum absolute atomic E-state index is 0.225. The van der Waals surface area contributed by atoms with Crippen LogP contribution in [0, 0.1) is 5.92 Å². The molecule has 1 nitrogen and oxygen atoms in total. The van der Waals surface area contributed by atoms with Crippen LogP contribution in [-0.2, 0) is 12.6 Å². The molecule has 0 aliphatic rings. The highest BCUT2D eigenvalue weighted by molar-refractivity contribution is 5.26. The Balaban J connectivity index is 2.83. The lowest BCUT2D eigenvalue weighted by Gasteiger charge is -2.25. The first kappa shape index (κ1) is 17.0. The lowest BCUT2D eigenvalue weighted by molar-refractivity contribution is -0.137. The van der Waals surface area contributed by atoms with Crippen LogP contribution in [0.1, 0.15) is 44.7 Å². The summed E-state index contributed by atoms with van der Waals surface area (Å²) in [5, 5.41) is 3.39. The summed E-state index contributed by atoms with van der Waals surface area (Å²) in [5.41, 5.74) is 0.183. The van der Waals surface area contributed by atoms with Gasteiger partial charge in [-0.25, -0.2) is 0 Å². The summed E-state index contributed by atoms with van der Waals surface area (Å²) in [7, 11) is 0. The summed E-state index contributed by atoms with van der Waals surface area (Å²) in [6.45, 7) is 7.14. The molecule has 114 valence electrons. The van der Waals surface area contributed by atoms with E-state index in [0.717, 1.165) is 31.0 Å². The molecule has 20 heavy (non-hydrogen) atoms. The largest absolute Gasteiger partial charge is 0.416 e. The van der Waals surface area contributed by atoms with Crippen molar-refractivity contribution in [3.05, 3.63) is 35.4 Å². The van der Waals surface area contributed by atoms with Crippen LogP contribution in [0.25, 0.3) is 0 Å². The van der Waals surface area contributed by atoms with Crippen molar-refractivity contribution in [2.24, 2.45) is 5.92 Å². The van der Waals surface area contributed by atoms with E-state index in [1.807, 2.05) is 6.92 Å². The van der Waals surface area contributed by atoms with Gasteiger partial charge in [0.15, 0.2) is 0 Å². The van der Waals surface area contributed by atoms with Crippen LogP contribution in [0.5, 0.6) is 0 Å². The smallest absolute Gasteiger partial charge is 0.314 e. The zero-order valence-corrected chi connectivity index (χ0v) is 12.4. The van der Waals surface area contributed by atoms with Gasteiger partial charge >= 0.3 is 6.18 Å². The van der Waals surface area contributed by atoms with Crippen molar-refractivity contribution in [3.8, 4) is 0 Å². The van der Waals surface area contributed by atoms with Crippen molar-refractivity contribution >= 4 is 0 Å². The van der Waals surface area contributed by atoms with Gasteiger partial charge in [-0.3, -0.25) is 0 Å². The molecule has 0 aliphatic carbocycles. The topological polar surface area (TPSA) is 12.0 Å². The van der Waals surface area contributed by atoms with Gasteiger partial charge in [0.2, 0.25) is 0 Å². The molecular formula is C16H24F3N. The molecule has 0 saturated heterocycles. The van der Waals surface area contributed by atoms with Crippen LogP contribution in [-0.4, -0.2) is 12.6 Å². The average Bonchev–Trinajstić information content (AvgIpc) is 2.38. The second kappa shape index (κ2) is 7.67. The van der Waals surface area contributed by atoms with Gasteiger partial charge in [0.1, 0.15) is 0 Å². The van der Waals surface area contributed by atoms with E-state index < -0.39 is 11.7 Å². The second-order valence-corrected chi connectivity index (χ2v) is 5.33. The molecule has 1 aromatic rings. The number of alkyl halides is 3. The number of rotatable bonds is 7. The minimum atomic E-state index is -4.27. The fourth-order valence-corrected chi connectivity index (χ4v) is 2.52. The van der Waals surface area contributed by atoms with E-state index in [0.29, 0.717) is 12.3 Å². The molecule has 2 unspecified atom stereocenters. The van der Waals surface area contributed by atoms with Gasteiger partial charge in [-0.15, -0.1) is 0 Å². The molecular weight excluding hydrogens is 263 g/mol. The summed E-state index contributed by atoms with van der Waals surface area (Å²) in [4.78, 5) is 0. The van der Waals surface area contributed by atoms with Crippen molar-refractivity contribution in [3.63, 3.8) is 0 Å². The highest BCUT2D eigenvalue weighted by Gasteiger charge is 2.30. The SMILES string of the molecule is CCCC(C)C(Cc1cccc(C(F)(F)F)c1)NCC. The van der Waals surface area contributed by atoms with Crippen molar-refractivity contribution in [1.82, 2.24) is 5.32 Å². The molecule has 0 heterocycles. The Kier molecular flexibility index (Phi) is 6.53. The lowest BCUT2D eigenvalue weighted by Crippen LogP contribution is -2.36. The Bertz CT molecular complexity index is 401. The van der Waals surface area contributed by atoms with Crippen molar-refractivity contribution < 1.29 is 13.2 Å². The van der Waals surface area contributed by atoms with Gasteiger partial charge in [0.05, 0.1) is 5.56 Å². The first-order valence-electron chi connectivity index (χ1n) is 7.28. The zero-order chi connectivity index (χ0) is 15.2. The predicted octanol–water partition coefficient (Wildman–Crippen LogP) is 4.66. The molecule has 1 aromatic carbocycles. The van der Waals surface area contributed by atoms with Gasteiger partial charge in [-0.1, -0.05) is 45.4 Å². The fraction of sp³-hybridized carbons (Fsp3) is 0.625. The number of hydrogen-bond donors (Lipinski definition) is 1. The maximum Gasteiger partial charge on any atom is 0.416 e. The molecule has 0 aliphatic heterocycles. The van der Waals surface area contributed by atoms with Gasteiger partial charge in [-0.2, -0.15) is 13.2 Å². The molecule has 1 N–H and O–H groups in total. The van der Waals surface area contributed by atoms with E-state index >= 15 is 0 Å². The molecule has 2 atom stereocenters. The molecule has 0 radical (unpaired) electrons. The maximum atomic E-state index is 12.7. The van der Waals surface area contributed by atoms with Crippen LogP contribution in [0.15, 0.2) is 24.3 Å².